The van der Waals surface area contributed by atoms with Crippen LogP contribution in [0.2, 0.25) is 26.2 Å². The fourth-order valence-electron chi connectivity index (χ4n) is 2.97. The van der Waals surface area contributed by atoms with Gasteiger partial charge in [-0.05, 0) is 59.8 Å². The quantitative estimate of drug-likeness (QED) is 0.695. The van der Waals surface area contributed by atoms with Crippen molar-refractivity contribution >= 4 is 27.0 Å². The van der Waals surface area contributed by atoms with Crippen LogP contribution < -0.4 is 10.4 Å². The molecule has 0 atom stereocenters. The first kappa shape index (κ1) is 12.7. The Balaban J connectivity index is 2.38. The van der Waals surface area contributed by atoms with Gasteiger partial charge in [0.15, 0.2) is 0 Å². The molecule has 2 aromatic heterocycles. The lowest BCUT2D eigenvalue weighted by atomic mass is 10.1. The normalized spacial score (nSPS) is 19.2. The molecule has 0 N–H and O–H groups in total. The second-order valence-electron chi connectivity index (χ2n) is 5.97. The maximum Gasteiger partial charge on any atom is 0.208 e. The van der Waals surface area contributed by atoms with Gasteiger partial charge in [0.05, 0.1) is 0 Å². The van der Waals surface area contributed by atoms with Gasteiger partial charge in [-0.25, -0.2) is 0 Å². The van der Waals surface area contributed by atoms with Crippen LogP contribution in [0.15, 0.2) is 36.9 Å². The van der Waals surface area contributed by atoms with Crippen molar-refractivity contribution in [1.82, 2.24) is 9.97 Å². The second kappa shape index (κ2) is 4.09. The zero-order valence-corrected chi connectivity index (χ0v) is 13.8. The van der Waals surface area contributed by atoms with Gasteiger partial charge in [0.2, 0.25) is 16.6 Å². The molecular weight excluding hydrogens is 268 g/mol. The smallest absolute Gasteiger partial charge is 0.208 e. The fraction of sp³-hybridized carbons (Fsp3) is 0.286. The number of hydrogen-bond acceptors (Lipinski definition) is 3. The lowest BCUT2D eigenvalue weighted by Crippen LogP contribution is -2.55. The third-order valence-corrected chi connectivity index (χ3v) is 11.2. The van der Waals surface area contributed by atoms with Gasteiger partial charge in [-0.3, -0.25) is 9.97 Å². The van der Waals surface area contributed by atoms with E-state index in [4.69, 9.17) is 4.12 Å². The van der Waals surface area contributed by atoms with Crippen LogP contribution in [0.3, 0.4) is 0 Å². The maximum absolute atomic E-state index is 6.64. The van der Waals surface area contributed by atoms with Gasteiger partial charge in [-0.2, -0.15) is 0 Å². The van der Waals surface area contributed by atoms with Gasteiger partial charge in [-0.1, -0.05) is 0 Å². The molecule has 1 aliphatic heterocycles. The Hall–Kier alpha value is -1.31. The first-order chi connectivity index (χ1) is 8.92. The molecule has 5 heteroatoms. The van der Waals surface area contributed by atoms with Gasteiger partial charge < -0.3 is 4.12 Å². The standard InChI is InChI=1S/C14H18N2OSi2/c1-18(2)13-9-15-7-5-11(13)12-6-8-16-10-14(12)19(3,4)17-18/h5-10H,1-4H3. The Morgan fingerprint density at radius 1 is 0.789 bits per heavy atom. The van der Waals surface area contributed by atoms with E-state index < -0.39 is 16.6 Å². The summed E-state index contributed by atoms with van der Waals surface area (Å²) in [5, 5.41) is 2.58. The van der Waals surface area contributed by atoms with Crippen LogP contribution in [-0.4, -0.2) is 26.6 Å². The highest BCUT2D eigenvalue weighted by atomic mass is 28.4. The molecule has 0 saturated carbocycles. The second-order valence-corrected chi connectivity index (χ2v) is 13.9. The summed E-state index contributed by atoms with van der Waals surface area (Å²) in [7, 11) is -3.85. The molecular formula is C14H18N2OSi2. The van der Waals surface area contributed by atoms with Crippen molar-refractivity contribution in [2.45, 2.75) is 26.2 Å². The SMILES string of the molecule is C[Si]1(C)O[Si](C)(C)c2cnccc2-c2ccncc21. The summed E-state index contributed by atoms with van der Waals surface area (Å²) in [6.07, 6.45) is 7.71. The van der Waals surface area contributed by atoms with Gasteiger partial charge in [-0.15, -0.1) is 0 Å². The Labute approximate surface area is 116 Å². The molecule has 0 unspecified atom stereocenters. The number of rotatable bonds is 0. The van der Waals surface area contributed by atoms with E-state index in [1.807, 2.05) is 24.8 Å². The highest BCUT2D eigenvalue weighted by Crippen LogP contribution is 2.27. The molecule has 0 spiro atoms. The largest absolute Gasteiger partial charge is 0.449 e. The van der Waals surface area contributed by atoms with E-state index in [1.165, 1.54) is 21.5 Å². The van der Waals surface area contributed by atoms with Gasteiger partial charge in [0.1, 0.15) is 0 Å². The molecule has 0 amide bonds. The molecule has 3 nitrogen and oxygen atoms in total. The lowest BCUT2D eigenvalue weighted by molar-refractivity contribution is 0.574. The summed E-state index contributed by atoms with van der Waals surface area (Å²) in [6.45, 7) is 9.06. The molecule has 0 bridgehead atoms. The third kappa shape index (κ3) is 1.98. The molecule has 98 valence electrons. The van der Waals surface area contributed by atoms with Crippen molar-refractivity contribution in [2.75, 3.05) is 0 Å². The number of fused-ring (bicyclic) bond motifs is 3. The average Bonchev–Trinajstić information content (AvgIpc) is 2.43. The van der Waals surface area contributed by atoms with Crippen LogP contribution in [0.5, 0.6) is 0 Å². The fourth-order valence-corrected chi connectivity index (χ4v) is 11.5. The maximum atomic E-state index is 6.64. The summed E-state index contributed by atoms with van der Waals surface area (Å²) in [6, 6.07) is 4.23. The Morgan fingerprint density at radius 2 is 1.21 bits per heavy atom. The molecule has 0 saturated heterocycles. The molecule has 0 aliphatic carbocycles. The Morgan fingerprint density at radius 3 is 1.63 bits per heavy atom. The topological polar surface area (TPSA) is 35.0 Å². The molecule has 2 aromatic rings. The predicted molar refractivity (Wildman–Crippen MR) is 82.8 cm³/mol. The number of hydrogen-bond donors (Lipinski definition) is 0. The van der Waals surface area contributed by atoms with E-state index in [9.17, 15) is 0 Å². The Bertz CT molecular complexity index is 585. The molecule has 3 heterocycles. The van der Waals surface area contributed by atoms with Crippen LogP contribution in [0.4, 0.5) is 0 Å². The summed E-state index contributed by atoms with van der Waals surface area (Å²) in [5.74, 6) is 0. The first-order valence-electron chi connectivity index (χ1n) is 6.51. The average molecular weight is 286 g/mol. The van der Waals surface area contributed by atoms with Crippen molar-refractivity contribution in [3.8, 4) is 11.1 Å². The van der Waals surface area contributed by atoms with Crippen LogP contribution >= 0.6 is 0 Å². The molecule has 19 heavy (non-hydrogen) atoms. The minimum absolute atomic E-state index is 1.28. The van der Waals surface area contributed by atoms with E-state index in [2.05, 4.69) is 48.3 Å². The minimum Gasteiger partial charge on any atom is -0.449 e. The third-order valence-electron chi connectivity index (χ3n) is 3.74. The van der Waals surface area contributed by atoms with E-state index >= 15 is 0 Å². The zero-order valence-electron chi connectivity index (χ0n) is 11.8. The van der Waals surface area contributed by atoms with Gasteiger partial charge in [0.25, 0.3) is 0 Å². The molecule has 0 radical (unpaired) electrons. The summed E-state index contributed by atoms with van der Waals surface area (Å²) < 4.78 is 6.64. The summed E-state index contributed by atoms with van der Waals surface area (Å²) >= 11 is 0. The first-order valence-corrected chi connectivity index (χ1v) is 12.3. The number of pyridine rings is 2. The minimum atomic E-state index is -1.92. The molecule has 0 fully saturated rings. The zero-order chi connectivity index (χ0) is 13.7. The highest BCUT2D eigenvalue weighted by Gasteiger charge is 2.42. The number of nitrogens with zero attached hydrogens (tertiary/aromatic N) is 2. The van der Waals surface area contributed by atoms with Crippen molar-refractivity contribution < 1.29 is 4.12 Å². The lowest BCUT2D eigenvalue weighted by Gasteiger charge is -2.32. The summed E-state index contributed by atoms with van der Waals surface area (Å²) in [4.78, 5) is 8.62. The van der Waals surface area contributed by atoms with Crippen molar-refractivity contribution in [3.05, 3.63) is 36.9 Å². The van der Waals surface area contributed by atoms with E-state index in [0.717, 1.165) is 0 Å². The van der Waals surface area contributed by atoms with E-state index in [1.54, 1.807) is 0 Å². The van der Waals surface area contributed by atoms with Crippen LogP contribution in [0, 0.1) is 0 Å². The predicted octanol–water partition coefficient (Wildman–Crippen LogP) is 2.00. The van der Waals surface area contributed by atoms with Crippen molar-refractivity contribution in [2.24, 2.45) is 0 Å². The molecule has 3 rings (SSSR count). The monoisotopic (exact) mass is 286 g/mol. The van der Waals surface area contributed by atoms with E-state index in [-0.39, 0.29) is 0 Å². The summed E-state index contributed by atoms with van der Waals surface area (Å²) in [5.41, 5.74) is 2.56. The van der Waals surface area contributed by atoms with Gasteiger partial charge >= 0.3 is 0 Å². The van der Waals surface area contributed by atoms with Crippen molar-refractivity contribution in [3.63, 3.8) is 0 Å². The molecule has 1 aliphatic rings. The van der Waals surface area contributed by atoms with Crippen LogP contribution in [0.25, 0.3) is 11.1 Å². The Kier molecular flexibility index (Phi) is 2.74. The highest BCUT2D eigenvalue weighted by molar-refractivity contribution is 6.98. The van der Waals surface area contributed by atoms with Gasteiger partial charge in [0, 0.05) is 24.8 Å². The number of aromatic nitrogens is 2. The molecule has 0 aromatic carbocycles. The van der Waals surface area contributed by atoms with Crippen LogP contribution in [0.1, 0.15) is 0 Å². The van der Waals surface area contributed by atoms with Crippen molar-refractivity contribution in [1.29, 1.82) is 0 Å². The van der Waals surface area contributed by atoms with E-state index in [0.29, 0.717) is 0 Å². The van der Waals surface area contributed by atoms with Crippen LogP contribution in [-0.2, 0) is 4.12 Å².